The molecule has 0 bridgehead atoms. The number of rotatable bonds is 5. The van der Waals surface area contributed by atoms with Gasteiger partial charge < -0.3 is 19.1 Å². The Morgan fingerprint density at radius 2 is 2.03 bits per heavy atom. The Hall–Kier alpha value is -2.11. The van der Waals surface area contributed by atoms with E-state index in [1.807, 2.05) is 22.8 Å². The lowest BCUT2D eigenvalue weighted by Gasteiger charge is -2.25. The maximum atomic E-state index is 13.6. The predicted molar refractivity (Wildman–Crippen MR) is 122 cm³/mol. The molecule has 3 aromatic rings. The van der Waals surface area contributed by atoms with Gasteiger partial charge in [-0.25, -0.2) is 4.39 Å². The van der Waals surface area contributed by atoms with Gasteiger partial charge in [0.05, 0.1) is 9.11 Å². The summed E-state index contributed by atoms with van der Waals surface area (Å²) in [5.74, 6) is 2.45. The van der Waals surface area contributed by atoms with Crippen molar-refractivity contribution in [3.05, 3.63) is 58.6 Å². The fraction of sp³-hybridized carbons (Fsp3) is 0.333. The zero-order valence-corrected chi connectivity index (χ0v) is 19.6. The van der Waals surface area contributed by atoms with Gasteiger partial charge in [0.2, 0.25) is 12.7 Å². The molecular weight excluding hydrogens is 538 g/mol. The first-order chi connectivity index (χ1) is 15.0. The zero-order valence-electron chi connectivity index (χ0n) is 16.6. The van der Waals surface area contributed by atoms with Crippen molar-refractivity contribution in [1.29, 1.82) is 0 Å². The van der Waals surface area contributed by atoms with Crippen LogP contribution in [0.4, 0.5) is 10.3 Å². The standard InChI is InChI=1S/C21H19ClFIN4O3/c1-29-10-19-25-26-20(28(19)14-3-5-17-18(9-14)31-12-30-17)27-7-6-21(24,11-27)15-4-2-13(23)8-16(15)22/h2-5,8-9H,6-7,10-12H2,1H3/t21-/m0/s1. The van der Waals surface area contributed by atoms with E-state index >= 15 is 0 Å². The first-order valence-electron chi connectivity index (χ1n) is 9.71. The Labute approximate surface area is 197 Å². The highest BCUT2D eigenvalue weighted by Crippen LogP contribution is 2.45. The first-order valence-corrected chi connectivity index (χ1v) is 11.2. The van der Waals surface area contributed by atoms with Crippen molar-refractivity contribution in [3.63, 3.8) is 0 Å². The number of halogens is 3. The van der Waals surface area contributed by atoms with Gasteiger partial charge in [-0.3, -0.25) is 4.57 Å². The molecule has 0 aliphatic carbocycles. The van der Waals surface area contributed by atoms with Gasteiger partial charge in [-0.2, -0.15) is 0 Å². The molecule has 1 saturated heterocycles. The van der Waals surface area contributed by atoms with Crippen LogP contribution in [0.1, 0.15) is 17.8 Å². The molecule has 5 rings (SSSR count). The van der Waals surface area contributed by atoms with Crippen LogP contribution < -0.4 is 14.4 Å². The molecule has 10 heteroatoms. The van der Waals surface area contributed by atoms with Gasteiger partial charge in [-0.1, -0.05) is 40.3 Å². The molecule has 1 aromatic heterocycles. The Morgan fingerprint density at radius 1 is 1.19 bits per heavy atom. The molecule has 31 heavy (non-hydrogen) atoms. The number of ether oxygens (including phenoxy) is 3. The van der Waals surface area contributed by atoms with Gasteiger partial charge in [0.15, 0.2) is 17.3 Å². The third kappa shape index (κ3) is 3.72. The molecule has 0 unspecified atom stereocenters. The summed E-state index contributed by atoms with van der Waals surface area (Å²) >= 11 is 8.80. The molecule has 2 aliphatic rings. The second-order valence-electron chi connectivity index (χ2n) is 7.48. The van der Waals surface area contributed by atoms with Crippen LogP contribution in [-0.4, -0.2) is 41.8 Å². The number of hydrogen-bond donors (Lipinski definition) is 0. The fourth-order valence-electron chi connectivity index (χ4n) is 4.04. The summed E-state index contributed by atoms with van der Waals surface area (Å²) < 4.78 is 31.6. The van der Waals surface area contributed by atoms with Crippen molar-refractivity contribution in [2.75, 3.05) is 31.9 Å². The topological polar surface area (TPSA) is 61.6 Å². The van der Waals surface area contributed by atoms with Gasteiger partial charge in [0.25, 0.3) is 0 Å². The maximum Gasteiger partial charge on any atom is 0.232 e. The highest BCUT2D eigenvalue weighted by Gasteiger charge is 2.40. The van der Waals surface area contributed by atoms with Gasteiger partial charge >= 0.3 is 0 Å². The molecule has 7 nitrogen and oxygen atoms in total. The minimum atomic E-state index is -0.338. The smallest absolute Gasteiger partial charge is 0.232 e. The van der Waals surface area contributed by atoms with E-state index in [0.717, 1.165) is 24.2 Å². The van der Waals surface area contributed by atoms with Crippen LogP contribution in [0, 0.1) is 5.82 Å². The normalized spacial score (nSPS) is 19.9. The van der Waals surface area contributed by atoms with Crippen LogP contribution in [0.15, 0.2) is 36.4 Å². The Balaban J connectivity index is 1.51. The van der Waals surface area contributed by atoms with Gasteiger partial charge in [-0.15, -0.1) is 10.2 Å². The molecule has 1 fully saturated rings. The summed E-state index contributed by atoms with van der Waals surface area (Å²) in [4.78, 5) is 2.17. The third-order valence-corrected chi connectivity index (χ3v) is 7.29. The van der Waals surface area contributed by atoms with Crippen molar-refractivity contribution in [2.24, 2.45) is 0 Å². The lowest BCUT2D eigenvalue weighted by molar-refractivity contribution is 0.173. The number of methoxy groups -OCH3 is 1. The molecule has 0 amide bonds. The average Bonchev–Trinajstić information content (AvgIpc) is 3.46. The summed E-state index contributed by atoms with van der Waals surface area (Å²) in [6, 6.07) is 10.3. The largest absolute Gasteiger partial charge is 0.454 e. The molecule has 0 N–H and O–H groups in total. The predicted octanol–water partition coefficient (Wildman–Crippen LogP) is 4.48. The number of alkyl halides is 1. The molecule has 1 atom stereocenters. The van der Waals surface area contributed by atoms with Crippen molar-refractivity contribution in [3.8, 4) is 17.2 Å². The second-order valence-corrected chi connectivity index (χ2v) is 9.96. The SMILES string of the molecule is COCc1nnc(N2CC[C@@](I)(c3ccc(F)cc3Cl)C2)n1-c1ccc2c(c1)OCO2. The summed E-state index contributed by atoms with van der Waals surface area (Å²) in [7, 11) is 1.63. The van der Waals surface area contributed by atoms with E-state index in [1.54, 1.807) is 13.2 Å². The lowest BCUT2D eigenvalue weighted by Crippen LogP contribution is -2.28. The van der Waals surface area contributed by atoms with Crippen LogP contribution in [-0.2, 0) is 14.8 Å². The molecule has 2 aliphatic heterocycles. The highest BCUT2D eigenvalue weighted by atomic mass is 127. The molecule has 2 aromatic carbocycles. The minimum Gasteiger partial charge on any atom is -0.454 e. The van der Waals surface area contributed by atoms with E-state index in [2.05, 4.69) is 37.7 Å². The highest BCUT2D eigenvalue weighted by molar-refractivity contribution is 14.1. The third-order valence-electron chi connectivity index (χ3n) is 5.52. The fourth-order valence-corrected chi connectivity index (χ4v) is 5.67. The number of hydrogen-bond acceptors (Lipinski definition) is 6. The maximum absolute atomic E-state index is 13.6. The van der Waals surface area contributed by atoms with Crippen LogP contribution in [0.3, 0.4) is 0 Å². The van der Waals surface area contributed by atoms with Crippen LogP contribution >= 0.6 is 34.2 Å². The van der Waals surface area contributed by atoms with Gasteiger partial charge in [0, 0.05) is 31.3 Å². The number of benzene rings is 2. The summed E-state index contributed by atoms with van der Waals surface area (Å²) in [6.45, 7) is 1.94. The summed E-state index contributed by atoms with van der Waals surface area (Å²) in [5.41, 5.74) is 1.78. The Bertz CT molecular complexity index is 1140. The quantitative estimate of drug-likeness (QED) is 0.341. The number of fused-ring (bicyclic) bond motifs is 1. The molecule has 3 heterocycles. The molecule has 162 valence electrons. The average molecular weight is 557 g/mol. The van der Waals surface area contributed by atoms with Crippen LogP contribution in [0.25, 0.3) is 5.69 Å². The van der Waals surface area contributed by atoms with E-state index < -0.39 is 0 Å². The number of anilines is 1. The number of aromatic nitrogens is 3. The van der Waals surface area contributed by atoms with Crippen molar-refractivity contribution in [2.45, 2.75) is 16.4 Å². The molecular formula is C21H19ClFIN4O3. The number of nitrogens with zero attached hydrogens (tertiary/aromatic N) is 4. The lowest BCUT2D eigenvalue weighted by atomic mass is 9.98. The van der Waals surface area contributed by atoms with Crippen molar-refractivity contribution < 1.29 is 18.6 Å². The van der Waals surface area contributed by atoms with E-state index in [1.165, 1.54) is 12.1 Å². The van der Waals surface area contributed by atoms with E-state index in [9.17, 15) is 4.39 Å². The second kappa shape index (κ2) is 8.10. The van der Waals surface area contributed by atoms with Crippen LogP contribution in [0.2, 0.25) is 5.02 Å². The van der Waals surface area contributed by atoms with Gasteiger partial charge in [0.1, 0.15) is 12.4 Å². The first kappa shape index (κ1) is 20.8. The Kier molecular flexibility index (Phi) is 5.43. The monoisotopic (exact) mass is 556 g/mol. The van der Waals surface area contributed by atoms with Crippen molar-refractivity contribution >= 4 is 40.1 Å². The summed E-state index contributed by atoms with van der Waals surface area (Å²) in [5, 5.41) is 9.28. The van der Waals surface area contributed by atoms with Gasteiger partial charge in [-0.05, 0) is 36.2 Å². The summed E-state index contributed by atoms with van der Waals surface area (Å²) in [6.07, 6.45) is 0.840. The Morgan fingerprint density at radius 3 is 2.84 bits per heavy atom. The molecule has 0 spiro atoms. The van der Waals surface area contributed by atoms with Crippen LogP contribution in [0.5, 0.6) is 11.5 Å². The van der Waals surface area contributed by atoms with E-state index in [-0.39, 0.29) is 16.0 Å². The minimum absolute atomic E-state index is 0.209. The van der Waals surface area contributed by atoms with E-state index in [4.69, 9.17) is 25.8 Å². The molecule has 0 saturated carbocycles. The molecule has 0 radical (unpaired) electrons. The van der Waals surface area contributed by atoms with E-state index in [0.29, 0.717) is 41.4 Å². The zero-order chi connectivity index (χ0) is 21.6. The van der Waals surface area contributed by atoms with Crippen molar-refractivity contribution in [1.82, 2.24) is 14.8 Å².